The Balaban J connectivity index is 3.60. The summed E-state index contributed by atoms with van der Waals surface area (Å²) in [6, 6.07) is 0. The van der Waals surface area contributed by atoms with Gasteiger partial charge >= 0.3 is 0 Å². The second-order valence-corrected chi connectivity index (χ2v) is 6.12. The van der Waals surface area contributed by atoms with Crippen LogP contribution in [0.25, 0.3) is 0 Å². The predicted molar refractivity (Wildman–Crippen MR) is 77.6 cm³/mol. The van der Waals surface area contributed by atoms with Gasteiger partial charge in [0.1, 0.15) is 0 Å². The Morgan fingerprint density at radius 2 is 1.18 bits per heavy atom. The standard InChI is InChI=1S/C14H31O2P/c1-4-7-10-11-14-17(15-12-8-5-2)16-13-9-6-3/h4-14H2,1-3H3. The zero-order chi connectivity index (χ0) is 12.8. The average molecular weight is 262 g/mol. The molecule has 0 spiro atoms. The molecule has 0 amide bonds. The number of rotatable bonds is 13. The van der Waals surface area contributed by atoms with Crippen LogP contribution in [0.15, 0.2) is 0 Å². The SMILES string of the molecule is CCCCCCP(OCCCC)OCCCC. The van der Waals surface area contributed by atoms with Gasteiger partial charge < -0.3 is 9.05 Å². The van der Waals surface area contributed by atoms with Gasteiger partial charge in [0.15, 0.2) is 8.38 Å². The van der Waals surface area contributed by atoms with E-state index in [-0.39, 0.29) is 0 Å². The van der Waals surface area contributed by atoms with Crippen LogP contribution in [0.3, 0.4) is 0 Å². The van der Waals surface area contributed by atoms with E-state index >= 15 is 0 Å². The van der Waals surface area contributed by atoms with Crippen LogP contribution in [0, 0.1) is 0 Å². The van der Waals surface area contributed by atoms with E-state index < -0.39 is 8.38 Å². The maximum Gasteiger partial charge on any atom is 0.170 e. The topological polar surface area (TPSA) is 18.5 Å². The van der Waals surface area contributed by atoms with Crippen molar-refractivity contribution in [2.45, 2.75) is 72.1 Å². The van der Waals surface area contributed by atoms with Gasteiger partial charge in [-0.15, -0.1) is 0 Å². The molecule has 0 heterocycles. The summed E-state index contributed by atoms with van der Waals surface area (Å²) in [6.07, 6.45) is 11.1. The van der Waals surface area contributed by atoms with Gasteiger partial charge in [-0.25, -0.2) is 0 Å². The van der Waals surface area contributed by atoms with E-state index in [1.165, 1.54) is 38.5 Å². The van der Waals surface area contributed by atoms with Crippen LogP contribution in [0.1, 0.15) is 72.1 Å². The zero-order valence-corrected chi connectivity index (χ0v) is 12.9. The van der Waals surface area contributed by atoms with Crippen molar-refractivity contribution in [2.75, 3.05) is 19.4 Å². The summed E-state index contributed by atoms with van der Waals surface area (Å²) in [5, 5.41) is 0. The van der Waals surface area contributed by atoms with Crippen LogP contribution in [-0.2, 0) is 9.05 Å². The molecule has 17 heavy (non-hydrogen) atoms. The Kier molecular flexibility index (Phi) is 14.7. The molecule has 0 unspecified atom stereocenters. The number of hydrogen-bond donors (Lipinski definition) is 0. The quantitative estimate of drug-likeness (QED) is 0.322. The van der Waals surface area contributed by atoms with Crippen molar-refractivity contribution in [3.8, 4) is 0 Å². The lowest BCUT2D eigenvalue weighted by atomic mass is 10.2. The highest BCUT2D eigenvalue weighted by Gasteiger charge is 2.09. The van der Waals surface area contributed by atoms with E-state index in [4.69, 9.17) is 9.05 Å². The van der Waals surface area contributed by atoms with Gasteiger partial charge in [0, 0.05) is 6.16 Å². The second-order valence-electron chi connectivity index (χ2n) is 4.49. The van der Waals surface area contributed by atoms with E-state index in [1.54, 1.807) is 0 Å². The van der Waals surface area contributed by atoms with Crippen molar-refractivity contribution in [1.82, 2.24) is 0 Å². The van der Waals surface area contributed by atoms with Crippen LogP contribution in [-0.4, -0.2) is 19.4 Å². The first kappa shape index (κ1) is 17.4. The minimum absolute atomic E-state index is 0.600. The van der Waals surface area contributed by atoms with Crippen LogP contribution in [0.2, 0.25) is 0 Å². The molecule has 0 radical (unpaired) electrons. The summed E-state index contributed by atoms with van der Waals surface area (Å²) in [6.45, 7) is 8.40. The third-order valence-electron chi connectivity index (χ3n) is 2.66. The first-order valence-electron chi connectivity index (χ1n) is 7.38. The first-order valence-corrected chi connectivity index (χ1v) is 8.74. The molecular weight excluding hydrogens is 231 g/mol. The molecule has 0 aliphatic carbocycles. The fraction of sp³-hybridized carbons (Fsp3) is 1.00. The van der Waals surface area contributed by atoms with Crippen molar-refractivity contribution in [2.24, 2.45) is 0 Å². The highest BCUT2D eigenvalue weighted by molar-refractivity contribution is 7.47. The molecule has 0 aromatic heterocycles. The molecule has 3 heteroatoms. The summed E-state index contributed by atoms with van der Waals surface area (Å²) in [7, 11) is -0.600. The monoisotopic (exact) mass is 262 g/mol. The van der Waals surface area contributed by atoms with Gasteiger partial charge in [-0.2, -0.15) is 0 Å². The van der Waals surface area contributed by atoms with Crippen molar-refractivity contribution >= 4 is 8.38 Å². The summed E-state index contributed by atoms with van der Waals surface area (Å²) in [5.74, 6) is 0. The van der Waals surface area contributed by atoms with Crippen LogP contribution in [0.5, 0.6) is 0 Å². The minimum Gasteiger partial charge on any atom is -0.334 e. The van der Waals surface area contributed by atoms with E-state index in [1.807, 2.05) is 0 Å². The summed E-state index contributed by atoms with van der Waals surface area (Å²) in [5.41, 5.74) is 0. The molecule has 0 aromatic carbocycles. The Bertz CT molecular complexity index is 132. The highest BCUT2D eigenvalue weighted by Crippen LogP contribution is 2.39. The van der Waals surface area contributed by atoms with Gasteiger partial charge in [-0.05, 0) is 19.3 Å². The fourth-order valence-electron chi connectivity index (χ4n) is 1.46. The smallest absolute Gasteiger partial charge is 0.170 e. The molecule has 0 bridgehead atoms. The van der Waals surface area contributed by atoms with Gasteiger partial charge in [-0.3, -0.25) is 0 Å². The van der Waals surface area contributed by atoms with Crippen molar-refractivity contribution in [3.05, 3.63) is 0 Å². The lowest BCUT2D eigenvalue weighted by Crippen LogP contribution is -1.99. The summed E-state index contributed by atoms with van der Waals surface area (Å²) >= 11 is 0. The largest absolute Gasteiger partial charge is 0.334 e. The van der Waals surface area contributed by atoms with E-state index in [0.29, 0.717) is 0 Å². The maximum atomic E-state index is 5.85. The third-order valence-corrected chi connectivity index (χ3v) is 4.28. The van der Waals surface area contributed by atoms with Gasteiger partial charge in [0.05, 0.1) is 13.2 Å². The third kappa shape index (κ3) is 12.6. The molecule has 0 saturated carbocycles. The lowest BCUT2D eigenvalue weighted by Gasteiger charge is -2.17. The molecule has 2 nitrogen and oxygen atoms in total. The molecule has 0 atom stereocenters. The van der Waals surface area contributed by atoms with Crippen molar-refractivity contribution in [1.29, 1.82) is 0 Å². The van der Waals surface area contributed by atoms with Crippen LogP contribution >= 0.6 is 8.38 Å². The Hall–Kier alpha value is 0.350. The molecular formula is C14H31O2P. The van der Waals surface area contributed by atoms with Crippen molar-refractivity contribution in [3.63, 3.8) is 0 Å². The van der Waals surface area contributed by atoms with Gasteiger partial charge in [0.2, 0.25) is 0 Å². The molecule has 0 aliphatic rings. The summed E-state index contributed by atoms with van der Waals surface area (Å²) in [4.78, 5) is 0. The van der Waals surface area contributed by atoms with E-state index in [0.717, 1.165) is 32.2 Å². The van der Waals surface area contributed by atoms with E-state index in [2.05, 4.69) is 20.8 Å². The molecule has 0 aromatic rings. The molecule has 0 fully saturated rings. The predicted octanol–water partition coefficient (Wildman–Crippen LogP) is 5.51. The van der Waals surface area contributed by atoms with E-state index in [9.17, 15) is 0 Å². The second kappa shape index (κ2) is 14.4. The number of unbranched alkanes of at least 4 members (excludes halogenated alkanes) is 5. The molecule has 0 aliphatic heterocycles. The lowest BCUT2D eigenvalue weighted by molar-refractivity contribution is 0.242. The zero-order valence-electron chi connectivity index (χ0n) is 12.0. The Morgan fingerprint density at radius 1 is 0.647 bits per heavy atom. The molecule has 104 valence electrons. The number of hydrogen-bond acceptors (Lipinski definition) is 2. The Morgan fingerprint density at radius 3 is 1.65 bits per heavy atom. The summed E-state index contributed by atoms with van der Waals surface area (Å²) < 4.78 is 11.7. The Labute approximate surface area is 109 Å². The molecule has 0 N–H and O–H groups in total. The van der Waals surface area contributed by atoms with Gasteiger partial charge in [-0.1, -0.05) is 52.9 Å². The minimum atomic E-state index is -0.600. The van der Waals surface area contributed by atoms with Gasteiger partial charge in [0.25, 0.3) is 0 Å². The van der Waals surface area contributed by atoms with Crippen molar-refractivity contribution < 1.29 is 9.05 Å². The molecule has 0 saturated heterocycles. The van der Waals surface area contributed by atoms with Crippen LogP contribution < -0.4 is 0 Å². The maximum absolute atomic E-state index is 5.85. The first-order chi connectivity index (χ1) is 8.35. The highest BCUT2D eigenvalue weighted by atomic mass is 31.2. The fourth-order valence-corrected chi connectivity index (χ4v) is 2.94. The average Bonchev–Trinajstić information content (AvgIpc) is 2.34. The van der Waals surface area contributed by atoms with Crippen LogP contribution in [0.4, 0.5) is 0 Å². The molecule has 0 rings (SSSR count). The normalized spacial score (nSPS) is 11.3.